The number of hydrogen-bond acceptors (Lipinski definition) is 1. The highest BCUT2D eigenvalue weighted by atomic mass is 16.5. The van der Waals surface area contributed by atoms with Crippen molar-refractivity contribution in [2.45, 2.75) is 32.8 Å². The normalized spacial score (nSPS) is 13.9. The van der Waals surface area contributed by atoms with Crippen molar-refractivity contribution in [1.29, 1.82) is 0 Å². The summed E-state index contributed by atoms with van der Waals surface area (Å²) in [7, 11) is 0. The van der Waals surface area contributed by atoms with E-state index < -0.39 is 0 Å². The molecule has 0 amide bonds. The summed E-state index contributed by atoms with van der Waals surface area (Å²) in [5, 5.41) is 0. The summed E-state index contributed by atoms with van der Waals surface area (Å²) in [5.74, 6) is 0.996. The van der Waals surface area contributed by atoms with E-state index in [4.69, 9.17) is 4.74 Å². The molecule has 0 spiro atoms. The molecule has 1 unspecified atom stereocenters. The van der Waals surface area contributed by atoms with Crippen LogP contribution in [0, 0.1) is 0 Å². The molecule has 0 aliphatic heterocycles. The maximum Gasteiger partial charge on any atom is 0.120 e. The van der Waals surface area contributed by atoms with Crippen molar-refractivity contribution in [1.82, 2.24) is 0 Å². The molecule has 1 aliphatic rings. The van der Waals surface area contributed by atoms with Gasteiger partial charge in [0, 0.05) is 0 Å². The van der Waals surface area contributed by atoms with E-state index >= 15 is 0 Å². The van der Waals surface area contributed by atoms with Gasteiger partial charge in [-0.15, -0.1) is 0 Å². The van der Waals surface area contributed by atoms with Crippen molar-refractivity contribution in [3.05, 3.63) is 53.6 Å². The van der Waals surface area contributed by atoms with E-state index in [2.05, 4.69) is 56.3 Å². The lowest BCUT2D eigenvalue weighted by atomic mass is 10.1. The van der Waals surface area contributed by atoms with Gasteiger partial charge in [0.25, 0.3) is 0 Å². The number of ether oxygens (including phenoxy) is 1. The van der Waals surface area contributed by atoms with E-state index in [9.17, 15) is 0 Å². The van der Waals surface area contributed by atoms with E-state index in [0.717, 1.165) is 18.6 Å². The lowest BCUT2D eigenvalue weighted by Crippen LogP contribution is -2.09. The van der Waals surface area contributed by atoms with Gasteiger partial charge in [0.05, 0.1) is 6.10 Å². The highest BCUT2D eigenvalue weighted by molar-refractivity contribution is 5.77. The Balaban J connectivity index is 1.93. The van der Waals surface area contributed by atoms with E-state index in [0.29, 0.717) is 0 Å². The van der Waals surface area contributed by atoms with Gasteiger partial charge in [-0.1, -0.05) is 37.3 Å². The topological polar surface area (TPSA) is 9.23 Å². The Bertz CT molecular complexity index is 572. The van der Waals surface area contributed by atoms with Gasteiger partial charge in [0.15, 0.2) is 0 Å². The molecule has 1 atom stereocenters. The molecule has 0 saturated heterocycles. The van der Waals surface area contributed by atoms with Crippen LogP contribution in [0.2, 0.25) is 0 Å². The molecule has 2 aromatic rings. The third-order valence-corrected chi connectivity index (χ3v) is 3.68. The quantitative estimate of drug-likeness (QED) is 0.655. The standard InChI is InChI=1S/C17H18O/c1-3-12(2)18-15-8-9-17-14(11-15)10-13-6-4-5-7-16(13)17/h4-9,11-12H,3,10H2,1-2H3. The Morgan fingerprint density at radius 1 is 1.06 bits per heavy atom. The first-order valence-electron chi connectivity index (χ1n) is 6.66. The van der Waals surface area contributed by atoms with Gasteiger partial charge < -0.3 is 4.74 Å². The predicted octanol–water partition coefficient (Wildman–Crippen LogP) is 4.44. The summed E-state index contributed by atoms with van der Waals surface area (Å²) < 4.78 is 5.89. The Kier molecular flexibility index (Phi) is 2.83. The summed E-state index contributed by atoms with van der Waals surface area (Å²) >= 11 is 0. The Labute approximate surface area is 108 Å². The van der Waals surface area contributed by atoms with Crippen LogP contribution < -0.4 is 4.74 Å². The van der Waals surface area contributed by atoms with Gasteiger partial charge in [-0.3, -0.25) is 0 Å². The zero-order valence-electron chi connectivity index (χ0n) is 10.9. The van der Waals surface area contributed by atoms with Crippen LogP contribution in [-0.2, 0) is 6.42 Å². The minimum Gasteiger partial charge on any atom is -0.491 e. The molecule has 0 heterocycles. The number of benzene rings is 2. The molecule has 0 fully saturated rings. The number of rotatable bonds is 3. The van der Waals surface area contributed by atoms with Crippen LogP contribution in [0.4, 0.5) is 0 Å². The van der Waals surface area contributed by atoms with E-state index in [-0.39, 0.29) is 6.10 Å². The molecular weight excluding hydrogens is 220 g/mol. The van der Waals surface area contributed by atoms with Crippen LogP contribution in [0.25, 0.3) is 11.1 Å². The molecule has 18 heavy (non-hydrogen) atoms. The maximum atomic E-state index is 5.89. The largest absolute Gasteiger partial charge is 0.491 e. The van der Waals surface area contributed by atoms with Crippen molar-refractivity contribution in [2.75, 3.05) is 0 Å². The van der Waals surface area contributed by atoms with Gasteiger partial charge in [-0.05, 0) is 54.2 Å². The fourth-order valence-corrected chi connectivity index (χ4v) is 2.51. The summed E-state index contributed by atoms with van der Waals surface area (Å²) in [6.07, 6.45) is 2.35. The monoisotopic (exact) mass is 238 g/mol. The molecule has 0 saturated carbocycles. The zero-order chi connectivity index (χ0) is 12.5. The highest BCUT2D eigenvalue weighted by Gasteiger charge is 2.18. The average molecular weight is 238 g/mol. The summed E-state index contributed by atoms with van der Waals surface area (Å²) in [5.41, 5.74) is 5.55. The molecule has 1 nitrogen and oxygen atoms in total. The van der Waals surface area contributed by atoms with Gasteiger partial charge >= 0.3 is 0 Å². The van der Waals surface area contributed by atoms with Crippen molar-refractivity contribution in [2.24, 2.45) is 0 Å². The van der Waals surface area contributed by atoms with Crippen molar-refractivity contribution >= 4 is 0 Å². The number of hydrogen-bond donors (Lipinski definition) is 0. The van der Waals surface area contributed by atoms with Crippen LogP contribution >= 0.6 is 0 Å². The van der Waals surface area contributed by atoms with Gasteiger partial charge in [-0.2, -0.15) is 0 Å². The van der Waals surface area contributed by atoms with Crippen LogP contribution in [0.15, 0.2) is 42.5 Å². The van der Waals surface area contributed by atoms with Crippen LogP contribution in [0.3, 0.4) is 0 Å². The first kappa shape index (κ1) is 11.3. The smallest absolute Gasteiger partial charge is 0.120 e. The lowest BCUT2D eigenvalue weighted by molar-refractivity contribution is 0.217. The van der Waals surface area contributed by atoms with Crippen LogP contribution in [0.1, 0.15) is 31.4 Å². The molecular formula is C17H18O. The molecule has 1 aliphatic carbocycles. The average Bonchev–Trinajstić information content (AvgIpc) is 2.76. The Morgan fingerprint density at radius 2 is 1.83 bits per heavy atom. The van der Waals surface area contributed by atoms with Crippen LogP contribution in [0.5, 0.6) is 5.75 Å². The fraction of sp³-hybridized carbons (Fsp3) is 0.294. The third kappa shape index (κ3) is 1.90. The second-order valence-electron chi connectivity index (χ2n) is 4.99. The fourth-order valence-electron chi connectivity index (χ4n) is 2.51. The minimum absolute atomic E-state index is 0.284. The second-order valence-corrected chi connectivity index (χ2v) is 4.99. The first-order valence-corrected chi connectivity index (χ1v) is 6.66. The summed E-state index contributed by atoms with van der Waals surface area (Å²) in [4.78, 5) is 0. The third-order valence-electron chi connectivity index (χ3n) is 3.68. The van der Waals surface area contributed by atoms with Crippen LogP contribution in [-0.4, -0.2) is 6.10 Å². The molecule has 0 aromatic heterocycles. The molecule has 1 heteroatoms. The molecule has 92 valence electrons. The zero-order valence-corrected chi connectivity index (χ0v) is 10.9. The highest BCUT2D eigenvalue weighted by Crippen LogP contribution is 2.38. The van der Waals surface area contributed by atoms with Gasteiger partial charge in [0.1, 0.15) is 5.75 Å². The molecule has 0 radical (unpaired) electrons. The first-order chi connectivity index (χ1) is 8.78. The summed E-state index contributed by atoms with van der Waals surface area (Å²) in [6, 6.07) is 15.1. The minimum atomic E-state index is 0.284. The predicted molar refractivity (Wildman–Crippen MR) is 75.1 cm³/mol. The Hall–Kier alpha value is -1.76. The number of fused-ring (bicyclic) bond motifs is 3. The van der Waals surface area contributed by atoms with Crippen molar-refractivity contribution < 1.29 is 4.74 Å². The maximum absolute atomic E-state index is 5.89. The summed E-state index contributed by atoms with van der Waals surface area (Å²) in [6.45, 7) is 4.26. The van der Waals surface area contributed by atoms with Gasteiger partial charge in [-0.25, -0.2) is 0 Å². The molecule has 0 bridgehead atoms. The molecule has 3 rings (SSSR count). The van der Waals surface area contributed by atoms with E-state index in [1.165, 1.54) is 22.3 Å². The van der Waals surface area contributed by atoms with E-state index in [1.807, 2.05) is 0 Å². The van der Waals surface area contributed by atoms with Crippen molar-refractivity contribution in [3.63, 3.8) is 0 Å². The SMILES string of the molecule is CCC(C)Oc1ccc2c(c1)Cc1ccccc1-2. The van der Waals surface area contributed by atoms with Crippen molar-refractivity contribution in [3.8, 4) is 16.9 Å². The second kappa shape index (κ2) is 4.49. The lowest BCUT2D eigenvalue weighted by Gasteiger charge is -2.13. The molecule has 0 N–H and O–H groups in total. The Morgan fingerprint density at radius 3 is 2.67 bits per heavy atom. The van der Waals surface area contributed by atoms with Gasteiger partial charge in [0.2, 0.25) is 0 Å². The molecule has 2 aromatic carbocycles. The van der Waals surface area contributed by atoms with E-state index in [1.54, 1.807) is 0 Å².